The first-order valence-corrected chi connectivity index (χ1v) is 12.4. The number of alkyl halides is 1. The minimum atomic E-state index is 0.0110. The highest BCUT2D eigenvalue weighted by Gasteiger charge is 2.15. The Balaban J connectivity index is 1.53. The monoisotopic (exact) mass is 548 g/mol. The van der Waals surface area contributed by atoms with Crippen LogP contribution < -0.4 is 11.1 Å². The van der Waals surface area contributed by atoms with Crippen LogP contribution in [0.1, 0.15) is 21.5 Å². The number of rotatable bonds is 9. The number of imidazole rings is 1. The zero-order valence-electron chi connectivity index (χ0n) is 18.7. The van der Waals surface area contributed by atoms with Gasteiger partial charge in [-0.15, -0.1) is 0 Å². The van der Waals surface area contributed by atoms with Gasteiger partial charge in [0.1, 0.15) is 7.85 Å². The molecule has 4 rings (SSSR count). The van der Waals surface area contributed by atoms with Gasteiger partial charge in [0.2, 0.25) is 5.62 Å². The molecule has 0 aliphatic rings. The second kappa shape index (κ2) is 10.5. The van der Waals surface area contributed by atoms with E-state index in [4.69, 9.17) is 13.3 Å². The lowest BCUT2D eigenvalue weighted by Crippen LogP contribution is -2.31. The van der Waals surface area contributed by atoms with E-state index >= 15 is 0 Å². The molecule has 7 heteroatoms. The van der Waals surface area contributed by atoms with Crippen molar-refractivity contribution in [2.24, 2.45) is 0 Å². The number of carbonyl (C=O) groups excluding carboxylic acids is 1. The summed E-state index contributed by atoms with van der Waals surface area (Å²) in [5, 5.41) is 8.82. The van der Waals surface area contributed by atoms with Crippen LogP contribution >= 0.6 is 22.6 Å². The Labute approximate surface area is 209 Å². The second-order valence-electron chi connectivity index (χ2n) is 8.28. The molecule has 0 spiro atoms. The lowest BCUT2D eigenvalue weighted by molar-refractivity contribution is 0.0971. The van der Waals surface area contributed by atoms with Crippen molar-refractivity contribution in [3.8, 4) is 0 Å². The van der Waals surface area contributed by atoms with Crippen LogP contribution in [0.2, 0.25) is 0 Å². The first-order chi connectivity index (χ1) is 16.0. The molecule has 0 amide bonds. The number of nitrogens with one attached hydrogen (secondary N) is 1. The third-order valence-corrected chi connectivity index (χ3v) is 6.72. The summed E-state index contributed by atoms with van der Waals surface area (Å²) in [5.41, 5.74) is 6.05. The summed E-state index contributed by atoms with van der Waals surface area (Å²) in [5.74, 6) is 0.0110. The average Bonchev–Trinajstić information content (AvgIpc) is 3.10. The van der Waals surface area contributed by atoms with Crippen molar-refractivity contribution in [3.05, 3.63) is 95.1 Å². The summed E-state index contributed by atoms with van der Waals surface area (Å²) in [6.07, 6.45) is 0. The Morgan fingerprint density at radius 2 is 1.55 bits per heavy atom. The average molecular weight is 548 g/mol. The number of aromatic nitrogens is 2. The molecule has 0 saturated carbocycles. The summed E-state index contributed by atoms with van der Waals surface area (Å²) >= 11 is 2.31. The highest BCUT2D eigenvalue weighted by Crippen LogP contribution is 2.15. The summed E-state index contributed by atoms with van der Waals surface area (Å²) in [7, 11) is 7.86. The largest absolute Gasteiger partial charge is 0.309 e. The molecule has 1 aromatic heterocycles. The van der Waals surface area contributed by atoms with E-state index < -0.39 is 0 Å². The Bertz CT molecular complexity index is 1310. The zero-order valence-corrected chi connectivity index (χ0v) is 20.8. The molecule has 1 heterocycles. The van der Waals surface area contributed by atoms with Crippen LogP contribution in [0, 0.1) is 5.41 Å². The fourth-order valence-electron chi connectivity index (χ4n) is 3.98. The number of para-hydroxylation sites is 2. The van der Waals surface area contributed by atoms with Crippen molar-refractivity contribution in [1.29, 1.82) is 5.41 Å². The van der Waals surface area contributed by atoms with Crippen LogP contribution in [0.3, 0.4) is 0 Å². The molecule has 0 fully saturated rings. The first kappa shape index (κ1) is 23.5. The molecule has 0 aliphatic heterocycles. The molecule has 0 unspecified atom stereocenters. The molecular formula is C26H26BIN4O. The summed E-state index contributed by atoms with van der Waals surface area (Å²) < 4.78 is 4.71. The Morgan fingerprint density at radius 1 is 0.939 bits per heavy atom. The van der Waals surface area contributed by atoms with Crippen molar-refractivity contribution in [3.63, 3.8) is 0 Å². The Kier molecular flexibility index (Phi) is 7.50. The Hall–Kier alpha value is -2.65. The highest BCUT2D eigenvalue weighted by molar-refractivity contribution is 14.1. The van der Waals surface area contributed by atoms with Gasteiger partial charge in [0.25, 0.3) is 0 Å². The molecule has 1 N–H and O–H groups in total. The third-order valence-electron chi connectivity index (χ3n) is 5.84. The van der Waals surface area contributed by atoms with Gasteiger partial charge in [-0.3, -0.25) is 10.2 Å². The Morgan fingerprint density at radius 3 is 2.18 bits per heavy atom. The third kappa shape index (κ3) is 5.47. The number of hydrogen-bond donors (Lipinski definition) is 1. The van der Waals surface area contributed by atoms with Gasteiger partial charge < -0.3 is 14.0 Å². The minimum Gasteiger partial charge on any atom is -0.309 e. The van der Waals surface area contributed by atoms with E-state index in [0.29, 0.717) is 17.7 Å². The van der Waals surface area contributed by atoms with E-state index in [0.717, 1.165) is 34.0 Å². The molecule has 0 saturated heterocycles. The molecule has 0 aliphatic carbocycles. The molecule has 0 atom stereocenters. The summed E-state index contributed by atoms with van der Waals surface area (Å²) in [4.78, 5) is 15.2. The normalized spacial score (nSPS) is 11.4. The zero-order chi connectivity index (χ0) is 23.4. The van der Waals surface area contributed by atoms with E-state index in [-0.39, 0.29) is 12.3 Å². The lowest BCUT2D eigenvalue weighted by atomic mass is 9.95. The fourth-order valence-corrected chi connectivity index (χ4v) is 4.49. The molecule has 2 radical (unpaired) electrons. The van der Waals surface area contributed by atoms with E-state index in [1.54, 1.807) is 0 Å². The maximum atomic E-state index is 13.0. The summed E-state index contributed by atoms with van der Waals surface area (Å²) in [6, 6.07) is 23.6. The number of ketones is 1. The van der Waals surface area contributed by atoms with Crippen LogP contribution in [0.5, 0.6) is 0 Å². The van der Waals surface area contributed by atoms with Crippen molar-refractivity contribution >= 4 is 52.7 Å². The van der Waals surface area contributed by atoms with Crippen molar-refractivity contribution in [2.45, 2.75) is 24.1 Å². The standard InChI is InChI=1S/C26H26BIN4O/c1-30(17-20-8-12-22(27)13-9-20)14-15-31-23-4-2-3-5-24(23)32(26(31)29)18-25(33)21-10-6-19(16-28)7-11-21/h2-13,29H,14-18H2,1H3. The lowest BCUT2D eigenvalue weighted by Gasteiger charge is -2.17. The van der Waals surface area contributed by atoms with Gasteiger partial charge in [-0.1, -0.05) is 88.7 Å². The molecule has 3 aromatic carbocycles. The van der Waals surface area contributed by atoms with Gasteiger partial charge in [0.15, 0.2) is 5.78 Å². The number of likely N-dealkylation sites (N-methyl/N-ethyl adjacent to an activating group) is 1. The topological polar surface area (TPSA) is 54.0 Å². The van der Waals surface area contributed by atoms with Crippen LogP contribution in [0.25, 0.3) is 11.0 Å². The smallest absolute Gasteiger partial charge is 0.203 e. The van der Waals surface area contributed by atoms with Crippen LogP contribution in [-0.4, -0.2) is 41.3 Å². The van der Waals surface area contributed by atoms with Crippen molar-refractivity contribution in [2.75, 3.05) is 13.6 Å². The minimum absolute atomic E-state index is 0.0110. The summed E-state index contributed by atoms with van der Waals surface area (Å²) in [6.45, 7) is 2.40. The predicted octanol–water partition coefficient (Wildman–Crippen LogP) is 3.67. The van der Waals surface area contributed by atoms with E-state index in [1.807, 2.05) is 81.9 Å². The van der Waals surface area contributed by atoms with Gasteiger partial charge in [0, 0.05) is 29.6 Å². The van der Waals surface area contributed by atoms with Gasteiger partial charge in [0.05, 0.1) is 17.6 Å². The van der Waals surface area contributed by atoms with Crippen LogP contribution in [0.4, 0.5) is 0 Å². The first-order valence-electron chi connectivity index (χ1n) is 10.9. The SMILES string of the molecule is [B]c1ccc(CN(C)CCn2c(=N)n(CC(=O)c3ccc(CI)cc3)c3ccccc32)cc1. The number of carbonyl (C=O) groups is 1. The van der Waals surface area contributed by atoms with E-state index in [2.05, 4.69) is 34.5 Å². The molecule has 4 aromatic rings. The van der Waals surface area contributed by atoms with Gasteiger partial charge in [-0.2, -0.15) is 0 Å². The predicted molar refractivity (Wildman–Crippen MR) is 142 cm³/mol. The number of fused-ring (bicyclic) bond motifs is 1. The fraction of sp³-hybridized carbons (Fsp3) is 0.231. The molecule has 0 bridgehead atoms. The number of halogens is 1. The van der Waals surface area contributed by atoms with Crippen LogP contribution in [-0.2, 0) is 24.1 Å². The molecule has 166 valence electrons. The van der Waals surface area contributed by atoms with E-state index in [1.165, 1.54) is 11.1 Å². The quantitative estimate of drug-likeness (QED) is 0.150. The van der Waals surface area contributed by atoms with Crippen LogP contribution in [0.15, 0.2) is 72.8 Å². The maximum absolute atomic E-state index is 13.0. The van der Waals surface area contributed by atoms with Gasteiger partial charge in [-0.05, 0) is 30.3 Å². The highest BCUT2D eigenvalue weighted by atomic mass is 127. The van der Waals surface area contributed by atoms with E-state index in [9.17, 15) is 4.79 Å². The number of benzene rings is 3. The second-order valence-corrected chi connectivity index (χ2v) is 9.05. The molecular weight excluding hydrogens is 522 g/mol. The number of Topliss-reactive ketones (excluding diaryl/α,β-unsaturated/α-hetero) is 1. The maximum Gasteiger partial charge on any atom is 0.203 e. The molecule has 33 heavy (non-hydrogen) atoms. The number of nitrogens with zero attached hydrogens (tertiary/aromatic N) is 3. The van der Waals surface area contributed by atoms with Gasteiger partial charge in [-0.25, -0.2) is 0 Å². The number of hydrogen-bond acceptors (Lipinski definition) is 3. The van der Waals surface area contributed by atoms with Crippen molar-refractivity contribution < 1.29 is 4.79 Å². The van der Waals surface area contributed by atoms with Gasteiger partial charge >= 0.3 is 0 Å². The van der Waals surface area contributed by atoms with Crippen molar-refractivity contribution in [1.82, 2.24) is 14.0 Å². The molecule has 5 nitrogen and oxygen atoms in total.